The summed E-state index contributed by atoms with van der Waals surface area (Å²) in [7, 11) is 0. The fourth-order valence-corrected chi connectivity index (χ4v) is 2.40. The molecule has 0 bridgehead atoms. The number of phenolic OH excluding ortho intramolecular Hbond substituents is 1. The quantitative estimate of drug-likeness (QED) is 0.862. The van der Waals surface area contributed by atoms with Crippen LogP contribution in [0.4, 0.5) is 0 Å². The van der Waals surface area contributed by atoms with Crippen molar-refractivity contribution < 1.29 is 5.11 Å². The fourth-order valence-electron chi connectivity index (χ4n) is 2.40. The van der Waals surface area contributed by atoms with E-state index in [-0.39, 0.29) is 12.4 Å². The molecule has 0 amide bonds. The first-order valence-electron chi connectivity index (χ1n) is 7.30. The number of benzene rings is 2. The molecule has 0 atom stereocenters. The highest BCUT2D eigenvalue weighted by Crippen LogP contribution is 2.22. The second kappa shape index (κ2) is 8.71. The van der Waals surface area contributed by atoms with Gasteiger partial charge in [0, 0.05) is 12.1 Å². The zero-order valence-electron chi connectivity index (χ0n) is 12.7. The summed E-state index contributed by atoms with van der Waals surface area (Å²) in [5, 5.41) is 10.0. The molecule has 114 valence electrons. The Kier molecular flexibility index (Phi) is 7.27. The van der Waals surface area contributed by atoms with Crippen LogP contribution in [-0.4, -0.2) is 23.1 Å². The Labute approximate surface area is 133 Å². The normalized spacial score (nSPS) is 10.4. The molecule has 0 fully saturated rings. The number of nitrogens with zero attached hydrogens (tertiary/aromatic N) is 1. The van der Waals surface area contributed by atoms with Gasteiger partial charge in [-0.15, -0.1) is 12.4 Å². The van der Waals surface area contributed by atoms with Gasteiger partial charge in [0.05, 0.1) is 0 Å². The first kappa shape index (κ1) is 17.5. The molecule has 0 aliphatic carbocycles. The van der Waals surface area contributed by atoms with Gasteiger partial charge in [0.1, 0.15) is 5.75 Å². The molecular formula is C18H24ClNO. The molecule has 0 aliphatic heterocycles. The van der Waals surface area contributed by atoms with Crippen molar-refractivity contribution in [3.05, 3.63) is 65.2 Å². The monoisotopic (exact) mass is 305 g/mol. The van der Waals surface area contributed by atoms with E-state index in [4.69, 9.17) is 0 Å². The Morgan fingerprint density at radius 3 is 2.19 bits per heavy atom. The summed E-state index contributed by atoms with van der Waals surface area (Å²) in [6.45, 7) is 7.10. The molecule has 0 unspecified atom stereocenters. The molecule has 2 aromatic rings. The van der Waals surface area contributed by atoms with E-state index in [1.807, 2.05) is 18.2 Å². The Bertz CT molecular complexity index is 538. The van der Waals surface area contributed by atoms with Gasteiger partial charge < -0.3 is 5.11 Å². The summed E-state index contributed by atoms with van der Waals surface area (Å²) in [5.74, 6) is 0.397. The first-order valence-corrected chi connectivity index (χ1v) is 7.30. The highest BCUT2D eigenvalue weighted by Gasteiger charge is 2.07. The lowest BCUT2D eigenvalue weighted by atomic mass is 10.0. The topological polar surface area (TPSA) is 23.5 Å². The molecule has 21 heavy (non-hydrogen) atoms. The molecule has 0 radical (unpaired) electrons. The van der Waals surface area contributed by atoms with Crippen LogP contribution in [0.2, 0.25) is 0 Å². The first-order chi connectivity index (χ1) is 9.72. The highest BCUT2D eigenvalue weighted by molar-refractivity contribution is 5.85. The van der Waals surface area contributed by atoms with E-state index in [1.165, 1.54) is 11.1 Å². The van der Waals surface area contributed by atoms with Crippen molar-refractivity contribution in [1.82, 2.24) is 4.90 Å². The summed E-state index contributed by atoms with van der Waals surface area (Å²) in [4.78, 5) is 2.31. The molecule has 1 N–H and O–H groups in total. The molecular weight excluding hydrogens is 282 g/mol. The Hall–Kier alpha value is -1.51. The van der Waals surface area contributed by atoms with E-state index in [1.54, 1.807) is 0 Å². The maximum atomic E-state index is 10.0. The van der Waals surface area contributed by atoms with E-state index >= 15 is 0 Å². The van der Waals surface area contributed by atoms with Gasteiger partial charge in [-0.05, 0) is 36.7 Å². The third kappa shape index (κ3) is 5.07. The third-order valence-corrected chi connectivity index (χ3v) is 3.68. The van der Waals surface area contributed by atoms with Gasteiger partial charge in [-0.25, -0.2) is 0 Å². The summed E-state index contributed by atoms with van der Waals surface area (Å²) in [6.07, 6.45) is 0.909. The Morgan fingerprint density at radius 1 is 0.905 bits per heavy atom. The molecule has 0 aromatic heterocycles. The number of aromatic hydroxyl groups is 1. The average molecular weight is 306 g/mol. The van der Waals surface area contributed by atoms with Crippen LogP contribution < -0.4 is 0 Å². The lowest BCUT2D eigenvalue weighted by Gasteiger charge is -2.19. The smallest absolute Gasteiger partial charge is 0.120 e. The number of phenols is 1. The molecule has 2 aromatic carbocycles. The maximum Gasteiger partial charge on any atom is 0.120 e. The lowest BCUT2D eigenvalue weighted by Crippen LogP contribution is -2.22. The number of halogens is 1. The van der Waals surface area contributed by atoms with Gasteiger partial charge in [-0.2, -0.15) is 0 Å². The largest absolute Gasteiger partial charge is 0.508 e. The van der Waals surface area contributed by atoms with Gasteiger partial charge >= 0.3 is 0 Å². The molecule has 0 spiro atoms. The van der Waals surface area contributed by atoms with E-state index in [0.717, 1.165) is 31.6 Å². The zero-order chi connectivity index (χ0) is 14.4. The SMILES string of the molecule is CCN(CC)Cc1cc(Cc2ccccc2)ccc1O.Cl. The molecule has 0 saturated heterocycles. The van der Waals surface area contributed by atoms with Crippen LogP contribution in [0, 0.1) is 0 Å². The van der Waals surface area contributed by atoms with Crippen molar-refractivity contribution in [2.75, 3.05) is 13.1 Å². The fraction of sp³-hybridized carbons (Fsp3) is 0.333. The number of hydrogen-bond donors (Lipinski definition) is 1. The van der Waals surface area contributed by atoms with Crippen LogP contribution in [0.3, 0.4) is 0 Å². The maximum absolute atomic E-state index is 10.0. The summed E-state index contributed by atoms with van der Waals surface area (Å²) in [5.41, 5.74) is 3.56. The lowest BCUT2D eigenvalue weighted by molar-refractivity contribution is 0.290. The second-order valence-electron chi connectivity index (χ2n) is 5.09. The van der Waals surface area contributed by atoms with Gasteiger partial charge in [0.15, 0.2) is 0 Å². The standard InChI is InChI=1S/C18H23NO.ClH/c1-3-19(4-2)14-17-13-16(10-11-18(17)20)12-15-8-6-5-7-9-15;/h5-11,13,20H,3-4,12,14H2,1-2H3;1H. The van der Waals surface area contributed by atoms with Crippen LogP contribution in [-0.2, 0) is 13.0 Å². The zero-order valence-corrected chi connectivity index (χ0v) is 13.6. The predicted molar refractivity (Wildman–Crippen MR) is 91.2 cm³/mol. The van der Waals surface area contributed by atoms with Gasteiger partial charge in [-0.3, -0.25) is 4.90 Å². The second-order valence-corrected chi connectivity index (χ2v) is 5.09. The van der Waals surface area contributed by atoms with Crippen molar-refractivity contribution in [3.63, 3.8) is 0 Å². The minimum absolute atomic E-state index is 0. The third-order valence-electron chi connectivity index (χ3n) is 3.68. The minimum atomic E-state index is 0. The van der Waals surface area contributed by atoms with Crippen molar-refractivity contribution in [2.45, 2.75) is 26.8 Å². The van der Waals surface area contributed by atoms with Gasteiger partial charge in [-0.1, -0.05) is 56.3 Å². The van der Waals surface area contributed by atoms with E-state index in [0.29, 0.717) is 5.75 Å². The summed E-state index contributed by atoms with van der Waals surface area (Å²) in [6, 6.07) is 16.4. The molecule has 2 rings (SSSR count). The minimum Gasteiger partial charge on any atom is -0.508 e. The Morgan fingerprint density at radius 2 is 1.57 bits per heavy atom. The predicted octanol–water partition coefficient (Wildman–Crippen LogP) is 4.25. The number of rotatable bonds is 6. The molecule has 0 heterocycles. The van der Waals surface area contributed by atoms with Crippen LogP contribution >= 0.6 is 12.4 Å². The number of hydrogen-bond acceptors (Lipinski definition) is 2. The van der Waals surface area contributed by atoms with Crippen LogP contribution in [0.25, 0.3) is 0 Å². The van der Waals surface area contributed by atoms with Crippen molar-refractivity contribution in [2.24, 2.45) is 0 Å². The van der Waals surface area contributed by atoms with E-state index < -0.39 is 0 Å². The van der Waals surface area contributed by atoms with Crippen molar-refractivity contribution in [3.8, 4) is 5.75 Å². The highest BCUT2D eigenvalue weighted by atomic mass is 35.5. The van der Waals surface area contributed by atoms with Crippen molar-refractivity contribution >= 4 is 12.4 Å². The van der Waals surface area contributed by atoms with Crippen LogP contribution in [0.1, 0.15) is 30.5 Å². The van der Waals surface area contributed by atoms with E-state index in [9.17, 15) is 5.11 Å². The average Bonchev–Trinajstić information content (AvgIpc) is 2.49. The molecule has 3 heteroatoms. The molecule has 0 aliphatic rings. The summed E-state index contributed by atoms with van der Waals surface area (Å²) >= 11 is 0. The van der Waals surface area contributed by atoms with Gasteiger partial charge in [0.25, 0.3) is 0 Å². The van der Waals surface area contributed by atoms with Crippen molar-refractivity contribution in [1.29, 1.82) is 0 Å². The summed E-state index contributed by atoms with van der Waals surface area (Å²) < 4.78 is 0. The van der Waals surface area contributed by atoms with Crippen LogP contribution in [0.15, 0.2) is 48.5 Å². The molecule has 0 saturated carbocycles. The molecule has 2 nitrogen and oxygen atoms in total. The van der Waals surface area contributed by atoms with Crippen LogP contribution in [0.5, 0.6) is 5.75 Å². The Balaban J connectivity index is 0.00000220. The van der Waals surface area contributed by atoms with E-state index in [2.05, 4.69) is 49.1 Å². The van der Waals surface area contributed by atoms with Gasteiger partial charge in [0.2, 0.25) is 0 Å².